The minimum absolute atomic E-state index is 0.0109. The second-order valence-electron chi connectivity index (χ2n) is 6.54. The van der Waals surface area contributed by atoms with Crippen LogP contribution in [-0.4, -0.2) is 64.0 Å². The molecule has 3 heterocycles. The number of rotatable bonds is 4. The fourth-order valence-corrected chi connectivity index (χ4v) is 4.64. The number of imidazole rings is 1. The number of amides is 1. The van der Waals surface area contributed by atoms with Crippen molar-refractivity contribution in [3.05, 3.63) is 70.7 Å². The molecule has 0 radical (unpaired) electrons. The first kappa shape index (κ1) is 19.0. The topological polar surface area (TPSA) is 118 Å². The summed E-state index contributed by atoms with van der Waals surface area (Å²) in [5.74, 6) is -0.249. The van der Waals surface area contributed by atoms with Crippen LogP contribution in [0.3, 0.4) is 0 Å². The zero-order valence-corrected chi connectivity index (χ0v) is 16.0. The summed E-state index contributed by atoms with van der Waals surface area (Å²) in [6.07, 6.45) is 3.45. The highest BCUT2D eigenvalue weighted by Crippen LogP contribution is 2.21. The van der Waals surface area contributed by atoms with Crippen molar-refractivity contribution in [2.45, 2.75) is 4.90 Å². The molecule has 29 heavy (non-hydrogen) atoms. The first-order chi connectivity index (χ1) is 13.9. The van der Waals surface area contributed by atoms with E-state index in [0.717, 1.165) is 12.1 Å². The van der Waals surface area contributed by atoms with Gasteiger partial charge < -0.3 is 9.30 Å². The van der Waals surface area contributed by atoms with Gasteiger partial charge in [0.1, 0.15) is 11.3 Å². The zero-order valence-electron chi connectivity index (χ0n) is 15.2. The molecule has 1 amide bonds. The van der Waals surface area contributed by atoms with Gasteiger partial charge in [0.05, 0.1) is 9.82 Å². The third-order valence-electron chi connectivity index (χ3n) is 4.79. The summed E-state index contributed by atoms with van der Waals surface area (Å²) < 4.78 is 28.6. The molecule has 1 saturated heterocycles. The van der Waals surface area contributed by atoms with E-state index in [1.165, 1.54) is 16.4 Å². The van der Waals surface area contributed by atoms with Crippen LogP contribution in [0, 0.1) is 10.1 Å². The van der Waals surface area contributed by atoms with Crippen molar-refractivity contribution in [1.82, 2.24) is 18.6 Å². The number of piperazine rings is 1. The molecule has 0 N–H and O–H groups in total. The van der Waals surface area contributed by atoms with Gasteiger partial charge >= 0.3 is 0 Å². The number of nitro groups is 1. The predicted octanol–water partition coefficient (Wildman–Crippen LogP) is 1.39. The molecule has 0 aliphatic carbocycles. The number of nitrogens with zero attached hydrogens (tertiary/aromatic N) is 5. The van der Waals surface area contributed by atoms with Crippen LogP contribution in [0.4, 0.5) is 5.69 Å². The standard InChI is InChI=1S/C18H17N5O5S/c24-18(16-13-21-8-2-1-3-17(21)19-16)20-9-11-22(12-10-20)29(27,28)15-6-4-14(5-7-15)23(25)26/h1-8,13H,9-12H2. The van der Waals surface area contributed by atoms with Gasteiger partial charge in [-0.15, -0.1) is 0 Å². The van der Waals surface area contributed by atoms with Crippen molar-refractivity contribution in [3.8, 4) is 0 Å². The Labute approximate surface area is 166 Å². The number of non-ortho nitro benzene ring substituents is 1. The first-order valence-electron chi connectivity index (χ1n) is 8.84. The lowest BCUT2D eigenvalue weighted by Gasteiger charge is -2.33. The summed E-state index contributed by atoms with van der Waals surface area (Å²) in [5.41, 5.74) is 0.796. The summed E-state index contributed by atoms with van der Waals surface area (Å²) >= 11 is 0. The van der Waals surface area contributed by atoms with Crippen molar-refractivity contribution in [3.63, 3.8) is 0 Å². The van der Waals surface area contributed by atoms with E-state index in [9.17, 15) is 23.3 Å². The largest absolute Gasteiger partial charge is 0.335 e. The molecule has 0 saturated carbocycles. The Morgan fingerprint density at radius 1 is 1.03 bits per heavy atom. The highest BCUT2D eigenvalue weighted by Gasteiger charge is 2.31. The Morgan fingerprint density at radius 3 is 2.34 bits per heavy atom. The quantitative estimate of drug-likeness (QED) is 0.469. The van der Waals surface area contributed by atoms with Crippen molar-refractivity contribution in [2.75, 3.05) is 26.2 Å². The molecule has 0 bridgehead atoms. The molecular weight excluding hydrogens is 398 g/mol. The Balaban J connectivity index is 1.45. The maximum atomic E-state index is 12.8. The Morgan fingerprint density at radius 2 is 1.72 bits per heavy atom. The molecule has 1 aliphatic rings. The summed E-state index contributed by atoms with van der Waals surface area (Å²) in [5, 5.41) is 10.7. The number of sulfonamides is 1. The van der Waals surface area contributed by atoms with Gasteiger partial charge in [-0.05, 0) is 24.3 Å². The van der Waals surface area contributed by atoms with E-state index in [-0.39, 0.29) is 42.7 Å². The van der Waals surface area contributed by atoms with Gasteiger partial charge in [0, 0.05) is 50.7 Å². The van der Waals surface area contributed by atoms with Crippen molar-refractivity contribution in [2.24, 2.45) is 0 Å². The Bertz CT molecular complexity index is 1150. The van der Waals surface area contributed by atoms with Gasteiger partial charge in [0.25, 0.3) is 11.6 Å². The minimum atomic E-state index is -3.79. The molecule has 1 fully saturated rings. The lowest BCUT2D eigenvalue weighted by atomic mass is 10.3. The number of carbonyl (C=O) groups is 1. The Hall–Kier alpha value is -3.31. The number of aromatic nitrogens is 2. The van der Waals surface area contributed by atoms with Crippen LogP contribution in [0.1, 0.15) is 10.5 Å². The van der Waals surface area contributed by atoms with E-state index in [1.54, 1.807) is 27.8 Å². The van der Waals surface area contributed by atoms with Gasteiger partial charge in [-0.1, -0.05) is 6.07 Å². The molecule has 150 valence electrons. The van der Waals surface area contributed by atoms with Crippen LogP contribution in [0.5, 0.6) is 0 Å². The van der Waals surface area contributed by atoms with E-state index in [1.807, 2.05) is 12.1 Å². The molecule has 11 heteroatoms. The van der Waals surface area contributed by atoms with Crippen molar-refractivity contribution < 1.29 is 18.1 Å². The summed E-state index contributed by atoms with van der Waals surface area (Å²) in [7, 11) is -3.79. The lowest BCUT2D eigenvalue weighted by molar-refractivity contribution is -0.384. The maximum Gasteiger partial charge on any atom is 0.274 e. The van der Waals surface area contributed by atoms with Gasteiger partial charge in [-0.25, -0.2) is 13.4 Å². The molecular formula is C18H17N5O5S. The number of carbonyl (C=O) groups excluding carboxylic acids is 1. The molecule has 2 aromatic heterocycles. The summed E-state index contributed by atoms with van der Waals surface area (Å²) in [4.78, 5) is 28.7. The highest BCUT2D eigenvalue weighted by atomic mass is 32.2. The number of benzene rings is 1. The minimum Gasteiger partial charge on any atom is -0.335 e. The van der Waals surface area contributed by atoms with E-state index >= 15 is 0 Å². The molecule has 0 atom stereocenters. The highest BCUT2D eigenvalue weighted by molar-refractivity contribution is 7.89. The van der Waals surface area contributed by atoms with Crippen LogP contribution >= 0.6 is 0 Å². The van der Waals surface area contributed by atoms with Gasteiger partial charge in [-0.3, -0.25) is 14.9 Å². The average molecular weight is 415 g/mol. The number of hydrogen-bond donors (Lipinski definition) is 0. The lowest BCUT2D eigenvalue weighted by Crippen LogP contribution is -2.50. The van der Waals surface area contributed by atoms with Crippen LogP contribution in [0.25, 0.3) is 5.65 Å². The monoisotopic (exact) mass is 415 g/mol. The molecule has 0 unspecified atom stereocenters. The number of nitro benzene ring substituents is 1. The number of hydrogen-bond acceptors (Lipinski definition) is 6. The number of pyridine rings is 1. The summed E-state index contributed by atoms with van der Waals surface area (Å²) in [6, 6.07) is 10.2. The SMILES string of the molecule is O=C(c1cn2ccccc2n1)N1CCN(S(=O)(=O)c2ccc([N+](=O)[O-])cc2)CC1. The van der Waals surface area contributed by atoms with E-state index in [4.69, 9.17) is 0 Å². The normalized spacial score (nSPS) is 15.5. The third-order valence-corrected chi connectivity index (χ3v) is 6.71. The van der Waals surface area contributed by atoms with Gasteiger partial charge in [-0.2, -0.15) is 4.31 Å². The van der Waals surface area contributed by atoms with Crippen LogP contribution in [0.15, 0.2) is 59.8 Å². The Kier molecular flexibility index (Phi) is 4.76. The second-order valence-corrected chi connectivity index (χ2v) is 8.48. The van der Waals surface area contributed by atoms with Crippen LogP contribution in [-0.2, 0) is 10.0 Å². The van der Waals surface area contributed by atoms with E-state index in [2.05, 4.69) is 4.98 Å². The number of fused-ring (bicyclic) bond motifs is 1. The third kappa shape index (κ3) is 3.57. The van der Waals surface area contributed by atoms with Crippen LogP contribution < -0.4 is 0 Å². The molecule has 4 rings (SSSR count). The average Bonchev–Trinajstić information content (AvgIpc) is 3.17. The van der Waals surface area contributed by atoms with Crippen molar-refractivity contribution in [1.29, 1.82) is 0 Å². The van der Waals surface area contributed by atoms with E-state index < -0.39 is 14.9 Å². The van der Waals surface area contributed by atoms with Gasteiger partial charge in [0.15, 0.2) is 0 Å². The van der Waals surface area contributed by atoms with E-state index in [0.29, 0.717) is 11.3 Å². The molecule has 1 aliphatic heterocycles. The fraction of sp³-hybridized carbons (Fsp3) is 0.222. The molecule has 3 aromatic rings. The first-order valence-corrected chi connectivity index (χ1v) is 10.3. The molecule has 10 nitrogen and oxygen atoms in total. The fourth-order valence-electron chi connectivity index (χ4n) is 3.22. The smallest absolute Gasteiger partial charge is 0.274 e. The second kappa shape index (κ2) is 7.26. The van der Waals surface area contributed by atoms with Crippen LogP contribution in [0.2, 0.25) is 0 Å². The summed E-state index contributed by atoms with van der Waals surface area (Å²) in [6.45, 7) is 0.745. The predicted molar refractivity (Wildman–Crippen MR) is 103 cm³/mol. The molecule has 0 spiro atoms. The molecule has 1 aromatic carbocycles. The van der Waals surface area contributed by atoms with Crippen molar-refractivity contribution >= 4 is 27.3 Å². The zero-order chi connectivity index (χ0) is 20.6. The van der Waals surface area contributed by atoms with Gasteiger partial charge in [0.2, 0.25) is 10.0 Å². The maximum absolute atomic E-state index is 12.8.